The van der Waals surface area contributed by atoms with E-state index < -0.39 is 0 Å². The van der Waals surface area contributed by atoms with Gasteiger partial charge in [-0.25, -0.2) is 4.99 Å². The molecule has 4 nitrogen and oxygen atoms in total. The Morgan fingerprint density at radius 3 is 2.54 bits per heavy atom. The maximum atomic E-state index is 11.4. The lowest BCUT2D eigenvalue weighted by Crippen LogP contribution is -2.02. The maximum absolute atomic E-state index is 11.4. The molecule has 0 saturated carbocycles. The molecule has 0 radical (unpaired) electrons. The van der Waals surface area contributed by atoms with Crippen molar-refractivity contribution in [2.45, 2.75) is 13.8 Å². The number of aromatic nitrogens is 1. The van der Waals surface area contributed by atoms with Gasteiger partial charge in [-0.15, -0.1) is 0 Å². The van der Waals surface area contributed by atoms with Crippen LogP contribution in [0.3, 0.4) is 0 Å². The second-order valence-electron chi connectivity index (χ2n) is 6.37. The van der Waals surface area contributed by atoms with Gasteiger partial charge in [0.25, 0.3) is 0 Å². The molecule has 2 aromatic heterocycles. The van der Waals surface area contributed by atoms with Crippen LogP contribution in [0.25, 0.3) is 11.6 Å². The van der Waals surface area contributed by atoms with Crippen LogP contribution in [0.15, 0.2) is 71.9 Å². The minimum atomic E-state index is 0.0581. The van der Waals surface area contributed by atoms with Crippen molar-refractivity contribution >= 4 is 34.4 Å². The molecule has 0 saturated heterocycles. The molecule has 0 spiro atoms. The van der Waals surface area contributed by atoms with Gasteiger partial charge in [-0.05, 0) is 74.0 Å². The van der Waals surface area contributed by atoms with Crippen molar-refractivity contribution in [1.82, 2.24) is 4.40 Å². The van der Waals surface area contributed by atoms with Crippen LogP contribution in [0.5, 0.6) is 5.75 Å². The first-order chi connectivity index (χ1) is 13.6. The van der Waals surface area contributed by atoms with Crippen molar-refractivity contribution in [3.05, 3.63) is 87.3 Å². The summed E-state index contributed by atoms with van der Waals surface area (Å²) in [6.45, 7) is 4.21. The van der Waals surface area contributed by atoms with Gasteiger partial charge in [0.15, 0.2) is 10.6 Å². The highest BCUT2D eigenvalue weighted by Crippen LogP contribution is 2.14. The van der Waals surface area contributed by atoms with Gasteiger partial charge in [0.2, 0.25) is 0 Å². The standard InChI is InChI=1S/C23H20N2O2S/c1-3-27-20-12-6-17(7-13-20)15-22-21-5-4-14-25(21)23(28-22)24-19-10-8-18(9-11-19)16(2)26/h4-15H,3H2,1-2H3/b22-15-,24-23?. The third kappa shape index (κ3) is 3.75. The number of ketones is 1. The third-order valence-corrected chi connectivity index (χ3v) is 5.41. The highest BCUT2D eigenvalue weighted by atomic mass is 32.1. The van der Waals surface area contributed by atoms with Crippen molar-refractivity contribution in [3.63, 3.8) is 0 Å². The van der Waals surface area contributed by atoms with Crippen LogP contribution in [0.2, 0.25) is 0 Å². The van der Waals surface area contributed by atoms with Gasteiger partial charge < -0.3 is 4.74 Å². The lowest BCUT2D eigenvalue weighted by molar-refractivity contribution is 0.101. The van der Waals surface area contributed by atoms with Crippen LogP contribution in [-0.4, -0.2) is 16.8 Å². The highest BCUT2D eigenvalue weighted by molar-refractivity contribution is 7.07. The largest absolute Gasteiger partial charge is 0.494 e. The van der Waals surface area contributed by atoms with Crippen molar-refractivity contribution in [1.29, 1.82) is 0 Å². The van der Waals surface area contributed by atoms with E-state index in [-0.39, 0.29) is 5.78 Å². The SMILES string of the molecule is CCOc1ccc(/C=c2\sc(=Nc3ccc(C(C)=O)cc3)n3cccc23)cc1. The summed E-state index contributed by atoms with van der Waals surface area (Å²) >= 11 is 1.64. The number of hydrogen-bond donors (Lipinski definition) is 0. The molecule has 0 aliphatic rings. The summed E-state index contributed by atoms with van der Waals surface area (Å²) in [5, 5.41) is 0. The van der Waals surface area contributed by atoms with Crippen molar-refractivity contribution in [2.75, 3.05) is 6.61 Å². The molecule has 0 amide bonds. The summed E-state index contributed by atoms with van der Waals surface area (Å²) in [6, 6.07) is 19.6. The summed E-state index contributed by atoms with van der Waals surface area (Å²) in [5.41, 5.74) is 3.76. The fourth-order valence-electron chi connectivity index (χ4n) is 2.99. The second kappa shape index (κ2) is 7.82. The number of rotatable bonds is 5. The van der Waals surface area contributed by atoms with Crippen molar-refractivity contribution in [3.8, 4) is 5.75 Å². The van der Waals surface area contributed by atoms with E-state index in [0.717, 1.165) is 31.9 Å². The Hall–Kier alpha value is -3.18. The molecule has 4 rings (SSSR count). The second-order valence-corrected chi connectivity index (χ2v) is 7.38. The Bertz CT molecular complexity index is 1230. The summed E-state index contributed by atoms with van der Waals surface area (Å²) in [7, 11) is 0. The first-order valence-electron chi connectivity index (χ1n) is 9.14. The van der Waals surface area contributed by atoms with Crippen molar-refractivity contribution in [2.24, 2.45) is 4.99 Å². The van der Waals surface area contributed by atoms with Crippen molar-refractivity contribution < 1.29 is 9.53 Å². The van der Waals surface area contributed by atoms with E-state index in [4.69, 9.17) is 9.73 Å². The van der Waals surface area contributed by atoms with E-state index >= 15 is 0 Å². The molecule has 2 heterocycles. The van der Waals surface area contributed by atoms with Crippen LogP contribution < -0.4 is 14.1 Å². The van der Waals surface area contributed by atoms with E-state index in [1.807, 2.05) is 55.6 Å². The summed E-state index contributed by atoms with van der Waals surface area (Å²) in [4.78, 5) is 17.1. The monoisotopic (exact) mass is 388 g/mol. The molecule has 2 aromatic carbocycles. The number of nitrogens with zero attached hydrogens (tertiary/aromatic N) is 2. The average Bonchev–Trinajstić information content (AvgIpc) is 3.29. The van der Waals surface area contributed by atoms with Gasteiger partial charge >= 0.3 is 0 Å². The fraction of sp³-hybridized carbons (Fsp3) is 0.130. The Morgan fingerprint density at radius 2 is 1.86 bits per heavy atom. The number of fused-ring (bicyclic) bond motifs is 1. The van der Waals surface area contributed by atoms with Crippen LogP contribution >= 0.6 is 11.3 Å². The van der Waals surface area contributed by atoms with E-state index in [9.17, 15) is 4.79 Å². The molecular weight excluding hydrogens is 368 g/mol. The highest BCUT2D eigenvalue weighted by Gasteiger charge is 2.03. The van der Waals surface area contributed by atoms with Gasteiger partial charge in [0.1, 0.15) is 5.75 Å². The Morgan fingerprint density at radius 1 is 1.11 bits per heavy atom. The molecule has 0 fully saturated rings. The van der Waals surface area contributed by atoms with Gasteiger partial charge in [0.05, 0.1) is 22.3 Å². The molecule has 5 heteroatoms. The molecule has 0 unspecified atom stereocenters. The molecule has 28 heavy (non-hydrogen) atoms. The lowest BCUT2D eigenvalue weighted by atomic mass is 10.1. The van der Waals surface area contributed by atoms with Gasteiger partial charge in [0, 0.05) is 11.8 Å². The predicted molar refractivity (Wildman–Crippen MR) is 113 cm³/mol. The molecule has 0 atom stereocenters. The Balaban J connectivity index is 1.76. The first-order valence-corrected chi connectivity index (χ1v) is 9.96. The number of hydrogen-bond acceptors (Lipinski definition) is 4. The van der Waals surface area contributed by atoms with Gasteiger partial charge in [-0.3, -0.25) is 9.20 Å². The lowest BCUT2D eigenvalue weighted by Gasteiger charge is -2.01. The number of carbonyl (C=O) groups is 1. The molecule has 140 valence electrons. The first kappa shape index (κ1) is 18.2. The Labute approximate surface area is 167 Å². The molecule has 0 aliphatic heterocycles. The fourth-order valence-corrected chi connectivity index (χ4v) is 4.06. The third-order valence-electron chi connectivity index (χ3n) is 4.40. The van der Waals surface area contributed by atoms with Crippen LogP contribution in [-0.2, 0) is 0 Å². The van der Waals surface area contributed by atoms with E-state index in [1.165, 1.54) is 0 Å². The number of thiazole rings is 1. The zero-order valence-corrected chi connectivity index (χ0v) is 16.6. The number of benzene rings is 2. The van der Waals surface area contributed by atoms with E-state index in [2.05, 4.69) is 28.7 Å². The number of ether oxygens (including phenoxy) is 1. The Kier molecular flexibility index (Phi) is 5.08. The van der Waals surface area contributed by atoms with Crippen LogP contribution in [0.4, 0.5) is 5.69 Å². The number of carbonyl (C=O) groups excluding carboxylic acids is 1. The predicted octanol–water partition coefficient (Wildman–Crippen LogP) is 4.38. The molecule has 0 N–H and O–H groups in total. The molecule has 4 aromatic rings. The zero-order chi connectivity index (χ0) is 19.5. The zero-order valence-electron chi connectivity index (χ0n) is 15.8. The number of Topliss-reactive ketones (excluding diaryl/α,β-unsaturated/α-hetero) is 1. The summed E-state index contributed by atoms with van der Waals surface area (Å²) in [6.07, 6.45) is 4.18. The summed E-state index contributed by atoms with van der Waals surface area (Å²) < 4.78 is 8.74. The molecule has 0 aliphatic carbocycles. The topological polar surface area (TPSA) is 43.1 Å². The summed E-state index contributed by atoms with van der Waals surface area (Å²) in [5.74, 6) is 0.936. The average molecular weight is 388 g/mol. The van der Waals surface area contributed by atoms with E-state index in [0.29, 0.717) is 12.2 Å². The van der Waals surface area contributed by atoms with Crippen LogP contribution in [0, 0.1) is 0 Å². The smallest absolute Gasteiger partial charge is 0.195 e. The molecular formula is C23H20N2O2S. The minimum Gasteiger partial charge on any atom is -0.494 e. The maximum Gasteiger partial charge on any atom is 0.195 e. The normalized spacial score (nSPS) is 12.6. The van der Waals surface area contributed by atoms with Gasteiger partial charge in [-0.2, -0.15) is 0 Å². The quantitative estimate of drug-likeness (QED) is 0.476. The minimum absolute atomic E-state index is 0.0581. The van der Waals surface area contributed by atoms with Gasteiger partial charge in [-0.1, -0.05) is 23.5 Å². The van der Waals surface area contributed by atoms with E-state index in [1.54, 1.807) is 18.3 Å². The van der Waals surface area contributed by atoms with Crippen LogP contribution in [0.1, 0.15) is 29.8 Å². The molecule has 0 bridgehead atoms.